The van der Waals surface area contributed by atoms with E-state index in [4.69, 9.17) is 10.9 Å². The summed E-state index contributed by atoms with van der Waals surface area (Å²) in [5, 5.41) is 11.7. The van der Waals surface area contributed by atoms with Crippen molar-refractivity contribution >= 4 is 11.7 Å². The Bertz CT molecular complexity index is 466. The van der Waals surface area contributed by atoms with Crippen molar-refractivity contribution in [1.29, 1.82) is 0 Å². The van der Waals surface area contributed by atoms with Gasteiger partial charge in [-0.15, -0.1) is 0 Å². The predicted molar refractivity (Wildman–Crippen MR) is 60.3 cm³/mol. The van der Waals surface area contributed by atoms with Gasteiger partial charge in [0.05, 0.1) is 0 Å². The highest BCUT2D eigenvalue weighted by Crippen LogP contribution is 2.52. The molecule has 0 bridgehead atoms. The van der Waals surface area contributed by atoms with E-state index < -0.39 is 0 Å². The molecule has 1 saturated heterocycles. The Hall–Kier alpha value is -1.85. The molecule has 3 rings (SSSR count). The van der Waals surface area contributed by atoms with Gasteiger partial charge in [0.1, 0.15) is 17.5 Å². The number of pyridine rings is 1. The van der Waals surface area contributed by atoms with Crippen LogP contribution in [0.25, 0.3) is 0 Å². The lowest BCUT2D eigenvalue weighted by molar-refractivity contribution is 0.315. The molecule has 3 N–H and O–H groups in total. The van der Waals surface area contributed by atoms with Crippen LogP contribution in [0, 0.1) is 23.6 Å². The lowest BCUT2D eigenvalue weighted by Crippen LogP contribution is -2.29. The summed E-state index contributed by atoms with van der Waals surface area (Å²) in [6.45, 7) is 1.59. The number of hydrogen-bond donors (Lipinski definition) is 2. The second-order valence-electron chi connectivity index (χ2n) is 4.62. The van der Waals surface area contributed by atoms with Crippen LogP contribution < -0.4 is 10.6 Å². The zero-order valence-electron chi connectivity index (χ0n) is 9.12. The normalized spacial score (nSPS) is 31.5. The van der Waals surface area contributed by atoms with Gasteiger partial charge in [-0.2, -0.15) is 0 Å². The summed E-state index contributed by atoms with van der Waals surface area (Å²) >= 11 is 0. The Kier molecular flexibility index (Phi) is 2.17. The Labute approximate surface area is 97.7 Å². The molecule has 1 aromatic rings. The number of anilines is 1. The van der Waals surface area contributed by atoms with Crippen molar-refractivity contribution in [2.24, 2.45) is 28.6 Å². The highest BCUT2D eigenvalue weighted by molar-refractivity contribution is 5.86. The minimum atomic E-state index is -0.274. The van der Waals surface area contributed by atoms with Gasteiger partial charge in [-0.3, -0.25) is 0 Å². The van der Waals surface area contributed by atoms with E-state index in [2.05, 4.69) is 10.1 Å². The minimum Gasteiger partial charge on any atom is -0.409 e. The third kappa shape index (κ3) is 1.60. The Morgan fingerprint density at radius 3 is 2.82 bits per heavy atom. The molecule has 0 aromatic carbocycles. The molecule has 3 atom stereocenters. The molecule has 1 aliphatic heterocycles. The number of oxime groups is 1. The second-order valence-corrected chi connectivity index (χ2v) is 4.62. The van der Waals surface area contributed by atoms with E-state index in [1.165, 1.54) is 18.3 Å². The quantitative estimate of drug-likeness (QED) is 0.342. The van der Waals surface area contributed by atoms with Crippen LogP contribution in [0.5, 0.6) is 0 Å². The maximum Gasteiger partial charge on any atom is 0.142 e. The summed E-state index contributed by atoms with van der Waals surface area (Å²) in [6.07, 6.45) is 1.47. The molecule has 0 amide bonds. The molecule has 5 nitrogen and oxygen atoms in total. The van der Waals surface area contributed by atoms with E-state index in [0.29, 0.717) is 23.5 Å². The number of aromatic nitrogens is 1. The van der Waals surface area contributed by atoms with E-state index in [0.717, 1.165) is 13.1 Å². The molecule has 0 unspecified atom stereocenters. The largest absolute Gasteiger partial charge is 0.409 e. The van der Waals surface area contributed by atoms with Gasteiger partial charge in [0, 0.05) is 31.3 Å². The summed E-state index contributed by atoms with van der Waals surface area (Å²) in [7, 11) is 0. The second kappa shape index (κ2) is 3.58. The molecule has 6 heteroatoms. The van der Waals surface area contributed by atoms with Crippen LogP contribution in [0.4, 0.5) is 10.2 Å². The molecule has 2 fully saturated rings. The van der Waals surface area contributed by atoms with Crippen LogP contribution in [0.15, 0.2) is 23.5 Å². The Morgan fingerprint density at radius 2 is 2.24 bits per heavy atom. The average Bonchev–Trinajstić information content (AvgIpc) is 2.82. The molecular weight excluding hydrogens is 223 g/mol. The minimum absolute atomic E-state index is 0.185. The molecule has 1 aliphatic carbocycles. The van der Waals surface area contributed by atoms with Crippen LogP contribution >= 0.6 is 0 Å². The highest BCUT2D eigenvalue weighted by atomic mass is 19.1. The SMILES string of the molecule is N/C(=N\O)[C@@H]1[C@@H]2CN(c3cc(F)ccn3)C[C@@H]21. The first-order valence-electron chi connectivity index (χ1n) is 5.54. The van der Waals surface area contributed by atoms with Crippen LogP contribution in [-0.2, 0) is 0 Å². The lowest BCUT2D eigenvalue weighted by Gasteiger charge is -2.20. The summed E-state index contributed by atoms with van der Waals surface area (Å²) in [5.41, 5.74) is 5.58. The fraction of sp³-hybridized carbons (Fsp3) is 0.455. The van der Waals surface area contributed by atoms with Crippen molar-refractivity contribution in [3.63, 3.8) is 0 Å². The number of halogens is 1. The van der Waals surface area contributed by atoms with Crippen molar-refractivity contribution in [2.75, 3.05) is 18.0 Å². The van der Waals surface area contributed by atoms with Crippen LogP contribution in [0.3, 0.4) is 0 Å². The average molecular weight is 236 g/mol. The van der Waals surface area contributed by atoms with Crippen LogP contribution in [0.1, 0.15) is 0 Å². The lowest BCUT2D eigenvalue weighted by atomic mass is 10.2. The molecule has 1 saturated carbocycles. The van der Waals surface area contributed by atoms with Crippen molar-refractivity contribution in [3.8, 4) is 0 Å². The summed E-state index contributed by atoms with van der Waals surface area (Å²) in [6, 6.07) is 2.77. The van der Waals surface area contributed by atoms with Gasteiger partial charge in [-0.25, -0.2) is 9.37 Å². The number of rotatable bonds is 2. The Morgan fingerprint density at radius 1 is 1.53 bits per heavy atom. The summed E-state index contributed by atoms with van der Waals surface area (Å²) in [5.74, 6) is 1.71. The van der Waals surface area contributed by atoms with E-state index in [1.807, 2.05) is 4.90 Å². The molecular formula is C11H13FN4O. The van der Waals surface area contributed by atoms with Crippen molar-refractivity contribution < 1.29 is 9.60 Å². The Balaban J connectivity index is 1.69. The van der Waals surface area contributed by atoms with Gasteiger partial charge in [0.15, 0.2) is 0 Å². The molecule has 1 aromatic heterocycles. The monoisotopic (exact) mass is 236 g/mol. The van der Waals surface area contributed by atoms with Gasteiger partial charge in [0.2, 0.25) is 0 Å². The highest BCUT2D eigenvalue weighted by Gasteiger charge is 2.58. The van der Waals surface area contributed by atoms with Gasteiger partial charge < -0.3 is 15.8 Å². The maximum atomic E-state index is 13.0. The van der Waals surface area contributed by atoms with E-state index in [9.17, 15) is 4.39 Å². The van der Waals surface area contributed by atoms with Crippen molar-refractivity contribution in [2.45, 2.75) is 0 Å². The molecule has 90 valence electrons. The number of amidine groups is 1. The summed E-state index contributed by atoms with van der Waals surface area (Å²) in [4.78, 5) is 6.18. The van der Waals surface area contributed by atoms with Gasteiger partial charge in [-0.05, 0) is 17.9 Å². The molecule has 0 radical (unpaired) electrons. The van der Waals surface area contributed by atoms with Crippen LogP contribution in [-0.4, -0.2) is 29.1 Å². The van der Waals surface area contributed by atoms with Gasteiger partial charge in [0.25, 0.3) is 0 Å². The van der Waals surface area contributed by atoms with E-state index >= 15 is 0 Å². The molecule has 2 aliphatic rings. The zero-order chi connectivity index (χ0) is 12.0. The van der Waals surface area contributed by atoms with Gasteiger partial charge >= 0.3 is 0 Å². The van der Waals surface area contributed by atoms with Crippen LogP contribution in [0.2, 0.25) is 0 Å². The van der Waals surface area contributed by atoms with E-state index in [1.54, 1.807) is 0 Å². The standard InChI is InChI=1S/C11H13FN4O/c12-6-1-2-14-9(3-6)16-4-7-8(5-16)10(7)11(13)15-17/h1-3,7-8,10,17H,4-5H2,(H2,13,15)/t7-,8+,10-. The van der Waals surface area contributed by atoms with Gasteiger partial charge in [-0.1, -0.05) is 5.16 Å². The number of fused-ring (bicyclic) bond motifs is 1. The smallest absolute Gasteiger partial charge is 0.142 e. The number of nitrogens with two attached hydrogens (primary N) is 1. The van der Waals surface area contributed by atoms with Crippen molar-refractivity contribution in [1.82, 2.24) is 4.98 Å². The molecule has 2 heterocycles. The third-order valence-corrected chi connectivity index (χ3v) is 3.68. The third-order valence-electron chi connectivity index (χ3n) is 3.68. The predicted octanol–water partition coefficient (Wildman–Crippen LogP) is 0.649. The number of nitrogens with zero attached hydrogens (tertiary/aromatic N) is 3. The maximum absolute atomic E-state index is 13.0. The molecule has 17 heavy (non-hydrogen) atoms. The first-order chi connectivity index (χ1) is 8.20. The summed E-state index contributed by atoms with van der Waals surface area (Å²) < 4.78 is 13.0. The fourth-order valence-electron chi connectivity index (χ4n) is 2.79. The first kappa shape index (κ1) is 10.3. The number of piperidine rings is 1. The van der Waals surface area contributed by atoms with E-state index in [-0.39, 0.29) is 11.7 Å². The topological polar surface area (TPSA) is 74.7 Å². The molecule has 0 spiro atoms. The fourth-order valence-corrected chi connectivity index (χ4v) is 2.79. The van der Waals surface area contributed by atoms with Crippen molar-refractivity contribution in [3.05, 3.63) is 24.1 Å². The number of hydrogen-bond acceptors (Lipinski definition) is 4. The zero-order valence-corrected chi connectivity index (χ0v) is 9.12. The first-order valence-corrected chi connectivity index (χ1v) is 5.54.